The van der Waals surface area contributed by atoms with E-state index in [4.69, 9.17) is 14.2 Å². The van der Waals surface area contributed by atoms with E-state index in [-0.39, 0.29) is 24.5 Å². The standard InChI is InChI=1S/C21H21N3O5S/c1-3-8-24-20(26)18(11-14-5-6-16-17(10-14)29-13-28-16)30-21(24)15(12-22)19(25)23-7-4-9-27-2/h3,5-6,10-11H,1,4,7-9,13H2,2H3,(H,23,25). The van der Waals surface area contributed by atoms with Gasteiger partial charge in [0, 0.05) is 26.8 Å². The molecule has 1 aromatic carbocycles. The minimum atomic E-state index is -0.526. The van der Waals surface area contributed by atoms with Gasteiger partial charge in [0.1, 0.15) is 10.7 Å². The highest BCUT2D eigenvalue weighted by molar-refractivity contribution is 7.07. The van der Waals surface area contributed by atoms with Gasteiger partial charge in [-0.2, -0.15) is 5.26 Å². The Morgan fingerprint density at radius 3 is 2.97 bits per heavy atom. The molecule has 0 aliphatic carbocycles. The van der Waals surface area contributed by atoms with Crippen molar-refractivity contribution in [1.82, 2.24) is 9.88 Å². The fourth-order valence-corrected chi connectivity index (χ4v) is 3.97. The number of allylic oxidation sites excluding steroid dienone is 1. The molecule has 1 N–H and O–H groups in total. The van der Waals surface area contributed by atoms with Crippen molar-refractivity contribution in [1.29, 1.82) is 5.26 Å². The fraction of sp³-hybridized carbons (Fsp3) is 0.286. The van der Waals surface area contributed by atoms with Gasteiger partial charge in [-0.05, 0) is 30.2 Å². The summed E-state index contributed by atoms with van der Waals surface area (Å²) >= 11 is 1.09. The molecule has 0 saturated carbocycles. The summed E-state index contributed by atoms with van der Waals surface area (Å²) in [4.78, 5) is 25.4. The molecule has 9 heteroatoms. The van der Waals surface area contributed by atoms with Gasteiger partial charge < -0.3 is 19.5 Å². The molecule has 30 heavy (non-hydrogen) atoms. The average molecular weight is 427 g/mol. The van der Waals surface area contributed by atoms with Crippen molar-refractivity contribution in [3.63, 3.8) is 0 Å². The highest BCUT2D eigenvalue weighted by Crippen LogP contribution is 2.32. The Bertz CT molecular complexity index is 1170. The van der Waals surface area contributed by atoms with E-state index in [2.05, 4.69) is 11.9 Å². The van der Waals surface area contributed by atoms with Crippen molar-refractivity contribution in [3.05, 3.63) is 56.0 Å². The number of amides is 1. The van der Waals surface area contributed by atoms with Crippen LogP contribution in [0.5, 0.6) is 11.5 Å². The van der Waals surface area contributed by atoms with E-state index in [1.54, 1.807) is 31.4 Å². The lowest BCUT2D eigenvalue weighted by Crippen LogP contribution is -2.35. The molecule has 0 radical (unpaired) electrons. The number of carbonyl (C=O) groups is 1. The van der Waals surface area contributed by atoms with Crippen LogP contribution in [0.3, 0.4) is 0 Å². The highest BCUT2D eigenvalue weighted by Gasteiger charge is 2.16. The Labute approximate surface area is 176 Å². The van der Waals surface area contributed by atoms with E-state index in [0.717, 1.165) is 16.9 Å². The molecule has 0 saturated heterocycles. The summed E-state index contributed by atoms with van der Waals surface area (Å²) in [7, 11) is 1.58. The normalized spacial score (nSPS) is 13.7. The Balaban J connectivity index is 2.05. The summed E-state index contributed by atoms with van der Waals surface area (Å²) in [5.74, 6) is 0.724. The second-order valence-corrected chi connectivity index (χ2v) is 7.35. The SMILES string of the molecule is C=CCn1c(=C(C#N)C(=O)NCCCOC)sc(=Cc2ccc3c(c2)OCO3)c1=O. The van der Waals surface area contributed by atoms with Crippen LogP contribution in [0.4, 0.5) is 0 Å². The summed E-state index contributed by atoms with van der Waals surface area (Å²) in [6, 6.07) is 7.29. The van der Waals surface area contributed by atoms with Crippen molar-refractivity contribution < 1.29 is 19.0 Å². The first kappa shape index (κ1) is 21.4. The molecule has 1 aliphatic rings. The van der Waals surface area contributed by atoms with Gasteiger partial charge in [-0.1, -0.05) is 12.1 Å². The zero-order chi connectivity index (χ0) is 21.5. The number of aromatic nitrogens is 1. The molecule has 1 aromatic heterocycles. The first-order chi connectivity index (χ1) is 14.6. The topological polar surface area (TPSA) is 103 Å². The zero-order valence-electron chi connectivity index (χ0n) is 16.5. The van der Waals surface area contributed by atoms with Crippen LogP contribution in [0.2, 0.25) is 0 Å². The van der Waals surface area contributed by atoms with Crippen LogP contribution in [0, 0.1) is 11.3 Å². The Morgan fingerprint density at radius 1 is 1.43 bits per heavy atom. The minimum absolute atomic E-state index is 0.110. The smallest absolute Gasteiger partial charge is 0.269 e. The van der Waals surface area contributed by atoms with Gasteiger partial charge in [-0.25, -0.2) is 0 Å². The molecule has 0 bridgehead atoms. The van der Waals surface area contributed by atoms with E-state index in [1.165, 1.54) is 4.57 Å². The number of fused-ring (bicyclic) bond motifs is 1. The third-order valence-corrected chi connectivity index (χ3v) is 5.41. The maximum atomic E-state index is 12.9. The molecule has 0 spiro atoms. The lowest BCUT2D eigenvalue weighted by Gasteiger charge is -2.04. The van der Waals surface area contributed by atoms with Crippen LogP contribution in [0.1, 0.15) is 12.0 Å². The molecule has 2 heterocycles. The van der Waals surface area contributed by atoms with Gasteiger partial charge in [0.15, 0.2) is 17.1 Å². The first-order valence-electron chi connectivity index (χ1n) is 9.22. The van der Waals surface area contributed by atoms with Crippen molar-refractivity contribution in [2.45, 2.75) is 13.0 Å². The van der Waals surface area contributed by atoms with Crippen molar-refractivity contribution in [2.75, 3.05) is 27.1 Å². The number of carbonyl (C=O) groups excluding carboxylic acids is 1. The van der Waals surface area contributed by atoms with Gasteiger partial charge in [-0.3, -0.25) is 14.2 Å². The number of thiazole rings is 1. The van der Waals surface area contributed by atoms with Crippen LogP contribution in [0.15, 0.2) is 35.6 Å². The van der Waals surface area contributed by atoms with E-state index >= 15 is 0 Å². The van der Waals surface area contributed by atoms with E-state index in [0.29, 0.717) is 40.3 Å². The number of benzene rings is 1. The third-order valence-electron chi connectivity index (χ3n) is 4.28. The number of rotatable bonds is 8. The zero-order valence-corrected chi connectivity index (χ0v) is 17.3. The van der Waals surface area contributed by atoms with Crippen LogP contribution in [-0.4, -0.2) is 37.5 Å². The number of ether oxygens (including phenoxy) is 3. The van der Waals surface area contributed by atoms with Crippen LogP contribution in [0.25, 0.3) is 11.6 Å². The summed E-state index contributed by atoms with van der Waals surface area (Å²) in [5.41, 5.74) is 0.339. The van der Waals surface area contributed by atoms with E-state index < -0.39 is 5.91 Å². The van der Waals surface area contributed by atoms with Crippen molar-refractivity contribution in [2.24, 2.45) is 0 Å². The Morgan fingerprint density at radius 2 is 2.23 bits per heavy atom. The van der Waals surface area contributed by atoms with Crippen LogP contribution in [-0.2, 0) is 16.1 Å². The number of hydrogen-bond acceptors (Lipinski definition) is 7. The lowest BCUT2D eigenvalue weighted by molar-refractivity contribution is -0.115. The maximum absolute atomic E-state index is 12.9. The number of nitrogens with one attached hydrogen (secondary N) is 1. The van der Waals surface area contributed by atoms with Gasteiger partial charge in [-0.15, -0.1) is 17.9 Å². The second kappa shape index (κ2) is 9.91. The Hall–Kier alpha value is -3.35. The highest BCUT2D eigenvalue weighted by atomic mass is 32.1. The predicted octanol–water partition coefficient (Wildman–Crippen LogP) is 0.480. The maximum Gasteiger partial charge on any atom is 0.269 e. The predicted molar refractivity (Wildman–Crippen MR) is 113 cm³/mol. The summed E-state index contributed by atoms with van der Waals surface area (Å²) < 4.78 is 17.7. The van der Waals surface area contributed by atoms with E-state index in [9.17, 15) is 14.9 Å². The third kappa shape index (κ3) is 4.62. The molecule has 8 nitrogen and oxygen atoms in total. The van der Waals surface area contributed by atoms with Gasteiger partial charge in [0.25, 0.3) is 11.5 Å². The summed E-state index contributed by atoms with van der Waals surface area (Å²) in [5, 5.41) is 12.3. The molecular formula is C21H21N3O5S. The van der Waals surface area contributed by atoms with Crippen LogP contribution < -0.4 is 29.5 Å². The monoisotopic (exact) mass is 427 g/mol. The fourth-order valence-electron chi connectivity index (χ4n) is 2.86. The number of hydrogen-bond donors (Lipinski definition) is 1. The summed E-state index contributed by atoms with van der Waals surface area (Å²) in [6.45, 7) is 4.87. The molecule has 1 amide bonds. The number of methoxy groups -OCH3 is 1. The molecule has 156 valence electrons. The first-order valence-corrected chi connectivity index (χ1v) is 10.0. The van der Waals surface area contributed by atoms with Gasteiger partial charge in [0.05, 0.1) is 4.53 Å². The van der Waals surface area contributed by atoms with E-state index in [1.807, 2.05) is 12.1 Å². The summed E-state index contributed by atoms with van der Waals surface area (Å²) in [6.07, 6.45) is 3.87. The van der Waals surface area contributed by atoms with Gasteiger partial charge in [0.2, 0.25) is 6.79 Å². The molecule has 0 fully saturated rings. The largest absolute Gasteiger partial charge is 0.454 e. The molecule has 2 aromatic rings. The second-order valence-electron chi connectivity index (χ2n) is 6.32. The van der Waals surface area contributed by atoms with Crippen molar-refractivity contribution >= 4 is 28.9 Å². The molecular weight excluding hydrogens is 406 g/mol. The molecule has 1 aliphatic heterocycles. The Kier molecular flexibility index (Phi) is 7.06. The molecule has 0 atom stereocenters. The number of nitrogens with zero attached hydrogens (tertiary/aromatic N) is 2. The molecule has 0 unspecified atom stereocenters. The van der Waals surface area contributed by atoms with Crippen LogP contribution >= 0.6 is 11.3 Å². The lowest BCUT2D eigenvalue weighted by atomic mass is 10.2. The number of nitriles is 1. The average Bonchev–Trinajstić information content (AvgIpc) is 3.32. The molecule has 3 rings (SSSR count). The van der Waals surface area contributed by atoms with Crippen molar-refractivity contribution in [3.8, 4) is 17.6 Å². The minimum Gasteiger partial charge on any atom is -0.454 e. The quantitative estimate of drug-likeness (QED) is 0.486. The van der Waals surface area contributed by atoms with Gasteiger partial charge >= 0.3 is 0 Å².